The van der Waals surface area contributed by atoms with Gasteiger partial charge in [-0.05, 0) is 11.1 Å². The highest BCUT2D eigenvalue weighted by atomic mass is 35.5. The third-order valence-electron chi connectivity index (χ3n) is 7.41. The summed E-state index contributed by atoms with van der Waals surface area (Å²) in [4.78, 5) is 28.3. The van der Waals surface area contributed by atoms with Gasteiger partial charge >= 0.3 is 0 Å². The van der Waals surface area contributed by atoms with E-state index < -0.39 is 0 Å². The minimum absolute atomic E-state index is 0.00259. The first-order chi connectivity index (χ1) is 19.6. The Hall–Kier alpha value is -4.35. The zero-order valence-electron chi connectivity index (χ0n) is 21.8. The first-order valence-corrected chi connectivity index (χ1v) is 13.7. The summed E-state index contributed by atoms with van der Waals surface area (Å²) >= 11 is 5.84. The zero-order chi connectivity index (χ0) is 27.5. The van der Waals surface area contributed by atoms with Gasteiger partial charge < -0.3 is 15.6 Å². The number of H-pyrrole nitrogens is 1. The molecule has 3 aromatic heterocycles. The van der Waals surface area contributed by atoms with Crippen LogP contribution < -0.4 is 10.3 Å². The van der Waals surface area contributed by atoms with Crippen molar-refractivity contribution in [3.05, 3.63) is 96.3 Å². The van der Waals surface area contributed by atoms with E-state index in [1.807, 2.05) is 44.6 Å². The summed E-state index contributed by atoms with van der Waals surface area (Å²) in [5, 5.41) is 9.19. The van der Waals surface area contributed by atoms with Crippen molar-refractivity contribution in [3.63, 3.8) is 0 Å². The Morgan fingerprint density at radius 2 is 1.65 bits per heavy atom. The Labute approximate surface area is 236 Å². The number of fused-ring (bicyclic) bond motifs is 1. The number of hydrogen-bond donors (Lipinski definition) is 2. The first kappa shape index (κ1) is 25.9. The highest BCUT2D eigenvalue weighted by molar-refractivity contribution is 6.27. The molecule has 2 unspecified atom stereocenters. The summed E-state index contributed by atoms with van der Waals surface area (Å²) < 4.78 is 3.85. The van der Waals surface area contributed by atoms with E-state index in [1.165, 1.54) is 5.56 Å². The van der Waals surface area contributed by atoms with E-state index in [9.17, 15) is 4.79 Å². The topological polar surface area (TPSA) is 126 Å². The average Bonchev–Trinajstić information content (AvgIpc) is 3.69. The molecule has 6 rings (SSSR count). The van der Waals surface area contributed by atoms with Crippen LogP contribution >= 0.6 is 11.6 Å². The monoisotopic (exact) mass is 557 g/mol. The second kappa shape index (κ2) is 11.4. The van der Waals surface area contributed by atoms with Gasteiger partial charge in [0.25, 0.3) is 5.65 Å². The number of nitrogens with one attached hydrogen (secondary N) is 1. The molecule has 40 heavy (non-hydrogen) atoms. The normalized spacial score (nSPS) is 15.8. The SMILES string of the molecule is Nc1nc[n+](Cc2cn(C(c3ccccc3)C(c3ccccc3)N3CCN(C(=O)CCl)CC3)nn2)c2nc[nH]c12. The van der Waals surface area contributed by atoms with E-state index in [4.69, 9.17) is 17.3 Å². The van der Waals surface area contributed by atoms with E-state index >= 15 is 0 Å². The number of amides is 1. The molecular weight excluding hydrogens is 528 g/mol. The summed E-state index contributed by atoms with van der Waals surface area (Å²) in [6.07, 6.45) is 5.26. The third-order valence-corrected chi connectivity index (χ3v) is 7.64. The molecule has 1 amide bonds. The largest absolute Gasteiger partial charge is 0.368 e. The van der Waals surface area contributed by atoms with Crippen LogP contribution in [0.15, 0.2) is 79.5 Å². The standard InChI is InChI=1S/C28H29ClN10O/c29-15-23(40)36-11-13-37(14-12-36)25(20-7-3-1-4-8-20)26(21-9-5-2-6-10-21)39-17-22(34-35-39)16-38-19-33-27(30)24-28(38)32-18-31-24/h1-10,17-19,25-26H,11-16H2,(H2,30,31,32)/p+1. The maximum Gasteiger partial charge on any atom is 0.293 e. The van der Waals surface area contributed by atoms with Crippen LogP contribution in [0.25, 0.3) is 11.2 Å². The summed E-state index contributed by atoms with van der Waals surface area (Å²) in [6.45, 7) is 3.12. The number of carbonyl (C=O) groups excluding carboxylic acids is 1. The molecule has 3 N–H and O–H groups in total. The maximum absolute atomic E-state index is 12.3. The van der Waals surface area contributed by atoms with Crippen LogP contribution in [0.2, 0.25) is 0 Å². The molecule has 1 saturated heterocycles. The molecular formula is C28H30ClN10O+. The minimum atomic E-state index is -0.167. The maximum atomic E-state index is 12.3. The molecule has 12 heteroatoms. The molecule has 0 spiro atoms. The molecule has 1 aliphatic heterocycles. The van der Waals surface area contributed by atoms with Gasteiger partial charge in [-0.15, -0.1) is 16.7 Å². The first-order valence-electron chi connectivity index (χ1n) is 13.2. The predicted octanol–water partition coefficient (Wildman–Crippen LogP) is 2.18. The van der Waals surface area contributed by atoms with Gasteiger partial charge in [-0.1, -0.05) is 75.8 Å². The van der Waals surface area contributed by atoms with Crippen LogP contribution in [0.4, 0.5) is 5.82 Å². The predicted molar refractivity (Wildman–Crippen MR) is 150 cm³/mol. The van der Waals surface area contributed by atoms with Gasteiger partial charge in [0.15, 0.2) is 11.8 Å². The van der Waals surface area contributed by atoms with Crippen molar-refractivity contribution in [1.82, 2.24) is 39.7 Å². The molecule has 1 fully saturated rings. The van der Waals surface area contributed by atoms with Crippen LogP contribution in [0.5, 0.6) is 0 Å². The lowest BCUT2D eigenvalue weighted by atomic mass is 9.91. The molecule has 11 nitrogen and oxygen atoms in total. The van der Waals surface area contributed by atoms with Gasteiger partial charge in [-0.25, -0.2) is 9.25 Å². The van der Waals surface area contributed by atoms with Gasteiger partial charge in [0.05, 0.1) is 18.3 Å². The highest BCUT2D eigenvalue weighted by Gasteiger charge is 2.35. The number of rotatable bonds is 8. The van der Waals surface area contributed by atoms with Crippen LogP contribution in [-0.4, -0.2) is 77.7 Å². The Balaban J connectivity index is 1.37. The van der Waals surface area contributed by atoms with Gasteiger partial charge in [0.1, 0.15) is 18.1 Å². The van der Waals surface area contributed by atoms with Crippen LogP contribution in [0.1, 0.15) is 28.9 Å². The molecule has 5 aromatic rings. The van der Waals surface area contributed by atoms with Gasteiger partial charge in [0.2, 0.25) is 18.1 Å². The number of aromatic nitrogens is 7. The summed E-state index contributed by atoms with van der Waals surface area (Å²) in [5.41, 5.74) is 10.4. The number of aromatic amines is 1. The van der Waals surface area contributed by atoms with Crippen molar-refractivity contribution < 1.29 is 9.36 Å². The number of anilines is 1. The fourth-order valence-electron chi connectivity index (χ4n) is 5.46. The molecule has 0 aliphatic carbocycles. The number of piperazine rings is 1. The van der Waals surface area contributed by atoms with Gasteiger partial charge in [0, 0.05) is 26.2 Å². The van der Waals surface area contributed by atoms with Crippen molar-refractivity contribution >= 4 is 34.5 Å². The van der Waals surface area contributed by atoms with Gasteiger partial charge in [-0.3, -0.25) is 9.69 Å². The molecule has 204 valence electrons. The fourth-order valence-corrected chi connectivity index (χ4v) is 5.63. The highest BCUT2D eigenvalue weighted by Crippen LogP contribution is 2.37. The second-order valence-electron chi connectivity index (χ2n) is 9.81. The minimum Gasteiger partial charge on any atom is -0.368 e. The lowest BCUT2D eigenvalue weighted by molar-refractivity contribution is -0.667. The van der Waals surface area contributed by atoms with E-state index in [0.717, 1.165) is 24.3 Å². The number of nitrogens with zero attached hydrogens (tertiary/aromatic N) is 8. The number of halogens is 1. The second-order valence-corrected chi connectivity index (χ2v) is 10.1. The summed E-state index contributed by atoms with van der Waals surface area (Å²) in [6, 6.07) is 20.6. The lowest BCUT2D eigenvalue weighted by Gasteiger charge is -2.42. The number of nitrogen functional groups attached to an aromatic ring is 1. The van der Waals surface area contributed by atoms with E-state index in [-0.39, 0.29) is 23.9 Å². The third kappa shape index (κ3) is 5.13. The van der Waals surface area contributed by atoms with Crippen molar-refractivity contribution in [2.75, 3.05) is 37.8 Å². The van der Waals surface area contributed by atoms with E-state index in [0.29, 0.717) is 36.6 Å². The van der Waals surface area contributed by atoms with E-state index in [2.05, 4.69) is 66.6 Å². The van der Waals surface area contributed by atoms with Gasteiger partial charge in [-0.2, -0.15) is 0 Å². The number of carbonyl (C=O) groups is 1. The zero-order valence-corrected chi connectivity index (χ0v) is 22.6. The summed E-state index contributed by atoms with van der Waals surface area (Å²) in [5.74, 6) is 0.372. The Kier molecular flexibility index (Phi) is 7.39. The van der Waals surface area contributed by atoms with Crippen LogP contribution in [0.3, 0.4) is 0 Å². The molecule has 0 bridgehead atoms. The number of imidazole rings is 1. The Morgan fingerprint density at radius 3 is 2.33 bits per heavy atom. The Morgan fingerprint density at radius 1 is 0.975 bits per heavy atom. The lowest BCUT2D eigenvalue weighted by Crippen LogP contribution is -2.51. The molecule has 2 atom stereocenters. The number of nitrogens with two attached hydrogens (primary N) is 1. The molecule has 0 radical (unpaired) electrons. The number of alkyl halides is 1. The molecule has 0 saturated carbocycles. The average molecular weight is 558 g/mol. The Bertz CT molecular complexity index is 1580. The summed E-state index contributed by atoms with van der Waals surface area (Å²) in [7, 11) is 0. The smallest absolute Gasteiger partial charge is 0.293 e. The van der Waals surface area contributed by atoms with Crippen molar-refractivity contribution in [3.8, 4) is 0 Å². The number of benzene rings is 2. The number of hydrogen-bond acceptors (Lipinski definition) is 7. The molecule has 1 aliphatic rings. The van der Waals surface area contributed by atoms with Crippen LogP contribution in [-0.2, 0) is 11.3 Å². The van der Waals surface area contributed by atoms with Crippen molar-refractivity contribution in [2.24, 2.45) is 0 Å². The fraction of sp³-hybridized carbons (Fsp3) is 0.286. The van der Waals surface area contributed by atoms with Crippen molar-refractivity contribution in [2.45, 2.75) is 18.6 Å². The van der Waals surface area contributed by atoms with E-state index in [1.54, 1.807) is 12.7 Å². The quantitative estimate of drug-likeness (QED) is 0.221. The van der Waals surface area contributed by atoms with Crippen LogP contribution in [0, 0.1) is 0 Å². The van der Waals surface area contributed by atoms with Crippen molar-refractivity contribution in [1.29, 1.82) is 0 Å². The molecule has 4 heterocycles. The molecule has 2 aromatic carbocycles.